The molecule has 0 saturated heterocycles. The van der Waals surface area contributed by atoms with Crippen molar-refractivity contribution < 1.29 is 17.6 Å². The lowest BCUT2D eigenvalue weighted by Crippen LogP contribution is -2.06. The van der Waals surface area contributed by atoms with Gasteiger partial charge in [0.25, 0.3) is 0 Å². The van der Waals surface area contributed by atoms with Gasteiger partial charge in [-0.15, -0.1) is 0 Å². The van der Waals surface area contributed by atoms with Crippen LogP contribution in [0.4, 0.5) is 17.6 Å². The number of hydrogen-bond donors (Lipinski definition) is 0. The Morgan fingerprint density at radius 2 is 1.87 bits per heavy atom. The third-order valence-corrected chi connectivity index (χ3v) is 2.00. The first-order chi connectivity index (χ1) is 6.86. The molecule has 0 N–H and O–H groups in total. The predicted molar refractivity (Wildman–Crippen MR) is 51.1 cm³/mol. The molecule has 0 nitrogen and oxygen atoms in total. The van der Waals surface area contributed by atoms with E-state index in [1.165, 1.54) is 12.2 Å². The van der Waals surface area contributed by atoms with Gasteiger partial charge in [-0.05, 0) is 19.1 Å². The lowest BCUT2D eigenvalue weighted by Gasteiger charge is -2.09. The van der Waals surface area contributed by atoms with Gasteiger partial charge in [-0.2, -0.15) is 13.2 Å². The second kappa shape index (κ2) is 4.23. The third kappa shape index (κ3) is 2.72. The molecule has 82 valence electrons. The van der Waals surface area contributed by atoms with E-state index >= 15 is 0 Å². The van der Waals surface area contributed by atoms with Crippen molar-refractivity contribution in [3.8, 4) is 0 Å². The highest BCUT2D eigenvalue weighted by Crippen LogP contribution is 2.33. The Hall–Kier alpha value is -1.03. The van der Waals surface area contributed by atoms with Crippen LogP contribution in [0.2, 0.25) is 5.02 Å². The van der Waals surface area contributed by atoms with Crippen LogP contribution >= 0.6 is 11.6 Å². The van der Waals surface area contributed by atoms with Gasteiger partial charge in [0.1, 0.15) is 5.82 Å². The summed E-state index contributed by atoms with van der Waals surface area (Å²) in [5.41, 5.74) is -1.13. The maximum atomic E-state index is 13.2. The smallest absolute Gasteiger partial charge is 0.205 e. The van der Waals surface area contributed by atoms with E-state index in [0.29, 0.717) is 6.07 Å². The molecule has 1 rings (SSSR count). The number of hydrogen-bond acceptors (Lipinski definition) is 0. The van der Waals surface area contributed by atoms with Crippen LogP contribution in [-0.4, -0.2) is 0 Å². The molecular formula is C10H7ClF4. The molecule has 5 heteroatoms. The Bertz CT molecular complexity index is 393. The molecule has 0 unspecified atom stereocenters. The average Bonchev–Trinajstić information content (AvgIpc) is 2.11. The van der Waals surface area contributed by atoms with Crippen LogP contribution in [0.1, 0.15) is 18.1 Å². The Morgan fingerprint density at radius 1 is 1.27 bits per heavy atom. The number of allylic oxidation sites excluding steroid dienone is 1. The average molecular weight is 239 g/mol. The molecule has 0 amide bonds. The number of halogens is 5. The van der Waals surface area contributed by atoms with Crippen molar-refractivity contribution >= 4 is 17.7 Å². The number of benzene rings is 1. The summed E-state index contributed by atoms with van der Waals surface area (Å²) in [6.07, 6.45) is -1.85. The molecule has 0 heterocycles. The van der Waals surface area contributed by atoms with E-state index in [1.807, 2.05) is 0 Å². The van der Waals surface area contributed by atoms with Crippen LogP contribution < -0.4 is 0 Å². The summed E-state index contributed by atoms with van der Waals surface area (Å²) in [6, 6.07) is 1.30. The zero-order valence-corrected chi connectivity index (χ0v) is 8.46. The van der Waals surface area contributed by atoms with Crippen LogP contribution in [0.5, 0.6) is 0 Å². The van der Waals surface area contributed by atoms with Crippen molar-refractivity contribution in [1.82, 2.24) is 0 Å². The fourth-order valence-electron chi connectivity index (χ4n) is 1.07. The first-order valence-electron chi connectivity index (χ1n) is 4.05. The Labute approximate surface area is 89.2 Å². The fourth-order valence-corrected chi connectivity index (χ4v) is 1.30. The summed E-state index contributed by atoms with van der Waals surface area (Å²) in [5, 5.41) is -0.530. The summed E-state index contributed by atoms with van der Waals surface area (Å²) >= 11 is 5.35. The molecular weight excluding hydrogens is 232 g/mol. The molecule has 0 bridgehead atoms. The van der Waals surface area contributed by atoms with Gasteiger partial charge in [0.05, 0.1) is 10.6 Å². The minimum atomic E-state index is -4.52. The molecule has 0 saturated carbocycles. The molecule has 0 radical (unpaired) electrons. The van der Waals surface area contributed by atoms with E-state index in [0.717, 1.165) is 6.07 Å². The summed E-state index contributed by atoms with van der Waals surface area (Å²) in [4.78, 5) is 0. The second-order valence-electron chi connectivity index (χ2n) is 2.86. The van der Waals surface area contributed by atoms with E-state index in [9.17, 15) is 17.6 Å². The molecule has 0 fully saturated rings. The molecule has 0 atom stereocenters. The van der Waals surface area contributed by atoms with Crippen LogP contribution in [0.15, 0.2) is 18.2 Å². The lowest BCUT2D eigenvalue weighted by atomic mass is 10.1. The van der Waals surface area contributed by atoms with Gasteiger partial charge < -0.3 is 0 Å². The molecule has 1 aromatic carbocycles. The van der Waals surface area contributed by atoms with Crippen LogP contribution in [0.3, 0.4) is 0 Å². The highest BCUT2D eigenvalue weighted by atomic mass is 35.5. The van der Waals surface area contributed by atoms with Crippen molar-refractivity contribution in [3.63, 3.8) is 0 Å². The van der Waals surface area contributed by atoms with E-state index in [-0.39, 0.29) is 5.56 Å². The zero-order valence-electron chi connectivity index (χ0n) is 7.70. The van der Waals surface area contributed by atoms with Crippen molar-refractivity contribution in [2.24, 2.45) is 0 Å². The van der Waals surface area contributed by atoms with Gasteiger partial charge in [-0.3, -0.25) is 0 Å². The Kier molecular flexibility index (Phi) is 3.39. The molecule has 0 aliphatic carbocycles. The molecule has 0 aliphatic heterocycles. The highest BCUT2D eigenvalue weighted by Gasteiger charge is 2.31. The highest BCUT2D eigenvalue weighted by molar-refractivity contribution is 6.31. The molecule has 0 aliphatic rings. The minimum Gasteiger partial charge on any atom is -0.205 e. The van der Waals surface area contributed by atoms with E-state index < -0.39 is 22.6 Å². The molecule has 1 aromatic rings. The van der Waals surface area contributed by atoms with Crippen molar-refractivity contribution in [1.29, 1.82) is 0 Å². The molecule has 0 aromatic heterocycles. The van der Waals surface area contributed by atoms with Gasteiger partial charge in [-0.1, -0.05) is 23.8 Å². The molecule has 0 spiro atoms. The maximum Gasteiger partial charge on any atom is 0.416 e. The summed E-state index contributed by atoms with van der Waals surface area (Å²) in [6.45, 7) is 1.58. The summed E-state index contributed by atoms with van der Waals surface area (Å²) in [7, 11) is 0. The van der Waals surface area contributed by atoms with E-state index in [4.69, 9.17) is 11.6 Å². The minimum absolute atomic E-state index is 0.169. The Morgan fingerprint density at radius 3 is 2.33 bits per heavy atom. The van der Waals surface area contributed by atoms with E-state index in [2.05, 4.69) is 0 Å². The summed E-state index contributed by atoms with van der Waals surface area (Å²) in [5.74, 6) is -0.845. The monoisotopic (exact) mass is 238 g/mol. The van der Waals surface area contributed by atoms with Gasteiger partial charge in [0.15, 0.2) is 0 Å². The number of rotatable bonds is 1. The first kappa shape index (κ1) is 12.0. The largest absolute Gasteiger partial charge is 0.416 e. The van der Waals surface area contributed by atoms with Gasteiger partial charge in [0.2, 0.25) is 0 Å². The lowest BCUT2D eigenvalue weighted by molar-refractivity contribution is -0.137. The quantitative estimate of drug-likeness (QED) is 0.631. The topological polar surface area (TPSA) is 0 Å². The van der Waals surface area contributed by atoms with Crippen molar-refractivity contribution in [2.45, 2.75) is 13.1 Å². The van der Waals surface area contributed by atoms with Gasteiger partial charge in [0, 0.05) is 5.56 Å². The Balaban J connectivity index is 3.36. The van der Waals surface area contributed by atoms with Crippen LogP contribution in [-0.2, 0) is 6.18 Å². The van der Waals surface area contributed by atoms with Crippen LogP contribution in [0.25, 0.3) is 6.08 Å². The third-order valence-electron chi connectivity index (χ3n) is 1.73. The van der Waals surface area contributed by atoms with Gasteiger partial charge in [-0.25, -0.2) is 4.39 Å². The second-order valence-corrected chi connectivity index (χ2v) is 3.27. The number of alkyl halides is 3. The van der Waals surface area contributed by atoms with Crippen LogP contribution in [0, 0.1) is 5.82 Å². The first-order valence-corrected chi connectivity index (χ1v) is 4.43. The standard InChI is InChI=1S/C10H7ClF4/c1-2-3-6-4-7(10(13,14)15)5-8(11)9(6)12/h2-5H,1H3/b3-2+. The fraction of sp³-hybridized carbons (Fsp3) is 0.200. The maximum absolute atomic E-state index is 13.2. The van der Waals surface area contributed by atoms with E-state index in [1.54, 1.807) is 6.92 Å². The van der Waals surface area contributed by atoms with Gasteiger partial charge >= 0.3 is 6.18 Å². The predicted octanol–water partition coefficient (Wildman–Crippen LogP) is 4.53. The SMILES string of the molecule is C/C=C/c1cc(C(F)(F)F)cc(Cl)c1F. The van der Waals surface area contributed by atoms with Crippen molar-refractivity contribution in [2.75, 3.05) is 0 Å². The summed E-state index contributed by atoms with van der Waals surface area (Å²) < 4.78 is 50.2. The van der Waals surface area contributed by atoms with Crippen molar-refractivity contribution in [3.05, 3.63) is 40.2 Å². The zero-order chi connectivity index (χ0) is 11.6. The molecule has 15 heavy (non-hydrogen) atoms. The normalized spacial score (nSPS) is 12.4.